The summed E-state index contributed by atoms with van der Waals surface area (Å²) in [5, 5.41) is 3.18. The van der Waals surface area contributed by atoms with Crippen LogP contribution in [-0.4, -0.2) is 18.4 Å². The van der Waals surface area contributed by atoms with Gasteiger partial charge in [-0.1, -0.05) is 11.6 Å². The molecule has 0 fully saturated rings. The maximum atomic E-state index is 13.9. The summed E-state index contributed by atoms with van der Waals surface area (Å²) in [7, 11) is 0. The minimum Gasteiger partial charge on any atom is -0.326 e. The molecule has 8 heteroatoms. The molecule has 26 heavy (non-hydrogen) atoms. The lowest BCUT2D eigenvalue weighted by Gasteiger charge is -2.22. The second-order valence-electron chi connectivity index (χ2n) is 5.62. The molecule has 0 aliphatic rings. The maximum Gasteiger partial charge on any atom is 0.226 e. The Hall–Kier alpha value is -2.54. The van der Waals surface area contributed by atoms with Crippen molar-refractivity contribution in [2.24, 2.45) is 0 Å². The van der Waals surface area contributed by atoms with Crippen molar-refractivity contribution in [1.82, 2.24) is 0 Å². The number of aryl methyl sites for hydroxylation is 1. The predicted molar refractivity (Wildman–Crippen MR) is 93.8 cm³/mol. The number of nitrogens with zero attached hydrogens (tertiary/aromatic N) is 1. The number of nitrogens with one attached hydrogen (secondary N) is 1. The molecule has 0 atom stereocenters. The van der Waals surface area contributed by atoms with Gasteiger partial charge in [-0.2, -0.15) is 0 Å². The molecular weight excluding hydrogens is 369 g/mol. The average Bonchev–Trinajstić information content (AvgIpc) is 2.57. The molecule has 138 valence electrons. The summed E-state index contributed by atoms with van der Waals surface area (Å²) in [4.78, 5) is 24.7. The summed E-state index contributed by atoms with van der Waals surface area (Å²) >= 11 is 5.85. The number of amides is 2. The monoisotopic (exact) mass is 384 g/mol. The first kappa shape index (κ1) is 19.8. The van der Waals surface area contributed by atoms with Gasteiger partial charge in [0, 0.05) is 30.6 Å². The molecule has 2 aromatic carbocycles. The van der Waals surface area contributed by atoms with Gasteiger partial charge in [0.25, 0.3) is 0 Å². The van der Waals surface area contributed by atoms with Crippen molar-refractivity contribution in [2.45, 2.75) is 20.3 Å². The number of halogens is 4. The Bertz CT molecular complexity index is 859. The van der Waals surface area contributed by atoms with E-state index in [0.29, 0.717) is 10.7 Å². The molecule has 0 saturated carbocycles. The Labute approximate surface area is 153 Å². The van der Waals surface area contributed by atoms with E-state index in [4.69, 9.17) is 11.6 Å². The van der Waals surface area contributed by atoms with Crippen molar-refractivity contribution >= 4 is 34.8 Å². The van der Waals surface area contributed by atoms with Gasteiger partial charge in [-0.15, -0.1) is 0 Å². The van der Waals surface area contributed by atoms with Crippen molar-refractivity contribution in [1.29, 1.82) is 0 Å². The third kappa shape index (κ3) is 4.54. The normalized spacial score (nSPS) is 10.5. The Morgan fingerprint density at radius 2 is 1.81 bits per heavy atom. The largest absolute Gasteiger partial charge is 0.326 e. The number of hydrogen-bond acceptors (Lipinski definition) is 2. The molecule has 0 bridgehead atoms. The van der Waals surface area contributed by atoms with Gasteiger partial charge < -0.3 is 10.2 Å². The lowest BCUT2D eigenvalue weighted by Crippen LogP contribution is -2.33. The van der Waals surface area contributed by atoms with Crippen LogP contribution < -0.4 is 10.2 Å². The summed E-state index contributed by atoms with van der Waals surface area (Å²) in [5.74, 6) is -5.54. The predicted octanol–water partition coefficient (Wildman–Crippen LogP) is 4.45. The minimum atomic E-state index is -1.67. The fourth-order valence-corrected chi connectivity index (χ4v) is 2.59. The standard InChI is InChI=1S/C18H16ClF3N2O2/c1-10-9-12(19)3-5-14(10)23-16(26)7-8-24(11(2)25)15-6-4-13(20)17(21)18(15)22/h3-6,9H,7-8H2,1-2H3,(H,23,26). The molecule has 1 N–H and O–H groups in total. The third-order valence-electron chi connectivity index (χ3n) is 3.71. The van der Waals surface area contributed by atoms with Crippen LogP contribution >= 0.6 is 11.6 Å². The van der Waals surface area contributed by atoms with E-state index in [1.54, 1.807) is 25.1 Å². The van der Waals surface area contributed by atoms with Crippen molar-refractivity contribution in [2.75, 3.05) is 16.8 Å². The van der Waals surface area contributed by atoms with Gasteiger partial charge in [-0.25, -0.2) is 13.2 Å². The van der Waals surface area contributed by atoms with Crippen LogP contribution in [0.4, 0.5) is 24.5 Å². The van der Waals surface area contributed by atoms with Crippen LogP contribution in [0.5, 0.6) is 0 Å². The van der Waals surface area contributed by atoms with Crippen LogP contribution in [0.3, 0.4) is 0 Å². The van der Waals surface area contributed by atoms with Crippen molar-refractivity contribution < 1.29 is 22.8 Å². The number of hydrogen-bond donors (Lipinski definition) is 1. The first-order valence-electron chi connectivity index (χ1n) is 7.68. The molecule has 2 rings (SSSR count). The lowest BCUT2D eigenvalue weighted by molar-refractivity contribution is -0.117. The van der Waals surface area contributed by atoms with E-state index >= 15 is 0 Å². The van der Waals surface area contributed by atoms with Gasteiger partial charge in [0.1, 0.15) is 0 Å². The maximum absolute atomic E-state index is 13.9. The second-order valence-corrected chi connectivity index (χ2v) is 6.06. The molecule has 0 unspecified atom stereocenters. The first-order valence-corrected chi connectivity index (χ1v) is 8.06. The Morgan fingerprint density at radius 1 is 1.12 bits per heavy atom. The highest BCUT2D eigenvalue weighted by atomic mass is 35.5. The quantitative estimate of drug-likeness (QED) is 0.774. The van der Waals surface area contributed by atoms with Crippen LogP contribution in [-0.2, 0) is 9.59 Å². The molecule has 0 aliphatic heterocycles. The van der Waals surface area contributed by atoms with Gasteiger partial charge in [-0.3, -0.25) is 9.59 Å². The van der Waals surface area contributed by atoms with Gasteiger partial charge in [0.15, 0.2) is 17.5 Å². The van der Waals surface area contributed by atoms with Gasteiger partial charge in [0.2, 0.25) is 11.8 Å². The molecular formula is C18H16ClF3N2O2. The van der Waals surface area contributed by atoms with Crippen molar-refractivity contribution in [3.05, 3.63) is 58.4 Å². The minimum absolute atomic E-state index is 0.167. The molecule has 0 heterocycles. The molecule has 0 aromatic heterocycles. The summed E-state index contributed by atoms with van der Waals surface area (Å²) in [6.07, 6.45) is -0.167. The number of carbonyl (C=O) groups excluding carboxylic acids is 2. The number of anilines is 2. The van der Waals surface area contributed by atoms with E-state index in [2.05, 4.69) is 5.32 Å². The van der Waals surface area contributed by atoms with E-state index in [1.807, 2.05) is 0 Å². The molecule has 4 nitrogen and oxygen atoms in total. The van der Waals surface area contributed by atoms with Crippen LogP contribution in [0.15, 0.2) is 30.3 Å². The van der Waals surface area contributed by atoms with Crippen LogP contribution in [0.25, 0.3) is 0 Å². The van der Waals surface area contributed by atoms with Gasteiger partial charge in [-0.05, 0) is 42.8 Å². The summed E-state index contributed by atoms with van der Waals surface area (Å²) in [6.45, 7) is 2.71. The molecule has 0 saturated heterocycles. The Balaban J connectivity index is 2.10. The van der Waals surface area contributed by atoms with Gasteiger partial charge in [0.05, 0.1) is 5.69 Å². The number of benzene rings is 2. The lowest BCUT2D eigenvalue weighted by atomic mass is 10.2. The summed E-state index contributed by atoms with van der Waals surface area (Å²) in [6, 6.07) is 6.60. The SMILES string of the molecule is CC(=O)N(CCC(=O)Nc1ccc(Cl)cc1C)c1ccc(F)c(F)c1F. The zero-order valence-electron chi connectivity index (χ0n) is 14.1. The molecule has 0 aliphatic carbocycles. The second kappa shape index (κ2) is 8.23. The number of rotatable bonds is 5. The third-order valence-corrected chi connectivity index (χ3v) is 3.95. The summed E-state index contributed by atoms with van der Waals surface area (Å²) in [5.41, 5.74) is 0.876. The molecule has 0 radical (unpaired) electrons. The zero-order valence-corrected chi connectivity index (χ0v) is 14.8. The molecule has 2 aromatic rings. The first-order chi connectivity index (χ1) is 12.2. The Morgan fingerprint density at radius 3 is 2.42 bits per heavy atom. The highest BCUT2D eigenvalue weighted by molar-refractivity contribution is 6.30. The topological polar surface area (TPSA) is 49.4 Å². The smallest absolute Gasteiger partial charge is 0.226 e. The van der Waals surface area contributed by atoms with Crippen LogP contribution in [0.1, 0.15) is 18.9 Å². The van der Waals surface area contributed by atoms with E-state index in [-0.39, 0.29) is 13.0 Å². The van der Waals surface area contributed by atoms with E-state index in [9.17, 15) is 22.8 Å². The van der Waals surface area contributed by atoms with Crippen molar-refractivity contribution in [3.8, 4) is 0 Å². The average molecular weight is 385 g/mol. The van der Waals surface area contributed by atoms with Crippen LogP contribution in [0, 0.1) is 24.4 Å². The Kier molecular flexibility index (Phi) is 6.26. The van der Waals surface area contributed by atoms with Gasteiger partial charge >= 0.3 is 0 Å². The fourth-order valence-electron chi connectivity index (χ4n) is 2.37. The van der Waals surface area contributed by atoms with E-state index < -0.39 is 35.0 Å². The highest BCUT2D eigenvalue weighted by Gasteiger charge is 2.21. The number of carbonyl (C=O) groups is 2. The van der Waals surface area contributed by atoms with Crippen molar-refractivity contribution in [3.63, 3.8) is 0 Å². The van der Waals surface area contributed by atoms with E-state index in [0.717, 1.165) is 29.5 Å². The molecule has 2 amide bonds. The zero-order chi connectivity index (χ0) is 19.4. The van der Waals surface area contributed by atoms with Crippen LogP contribution in [0.2, 0.25) is 5.02 Å². The summed E-state index contributed by atoms with van der Waals surface area (Å²) < 4.78 is 40.4. The molecule has 0 spiro atoms. The van der Waals surface area contributed by atoms with E-state index in [1.165, 1.54) is 0 Å². The fraction of sp³-hybridized carbons (Fsp3) is 0.222. The highest BCUT2D eigenvalue weighted by Crippen LogP contribution is 2.24.